The molecule has 0 spiro atoms. The van der Waals surface area contributed by atoms with Crippen molar-refractivity contribution in [1.82, 2.24) is 5.32 Å². The molecule has 94 valence electrons. The van der Waals surface area contributed by atoms with Crippen LogP contribution >= 0.6 is 23.2 Å². The monoisotopic (exact) mass is 282 g/mol. The highest BCUT2D eigenvalue weighted by atomic mass is 35.5. The fourth-order valence-corrected chi connectivity index (χ4v) is 1.78. The molecule has 1 aromatic rings. The van der Waals surface area contributed by atoms with Gasteiger partial charge in [-0.1, -0.05) is 36.2 Å². The van der Waals surface area contributed by atoms with Crippen molar-refractivity contribution >= 4 is 35.2 Å². The number of nitrogens with one attached hydrogen (secondary N) is 1. The van der Waals surface area contributed by atoms with Crippen LogP contribution in [0, 0.1) is 11.3 Å². The van der Waals surface area contributed by atoms with Crippen molar-refractivity contribution in [2.75, 3.05) is 6.54 Å². The number of hydrogen-bond donors (Lipinski definition) is 1. The summed E-state index contributed by atoms with van der Waals surface area (Å²) >= 11 is 11.9. The van der Waals surface area contributed by atoms with Crippen LogP contribution in [0.15, 0.2) is 23.8 Å². The van der Waals surface area contributed by atoms with Crippen molar-refractivity contribution in [2.45, 2.75) is 13.3 Å². The number of hydrogen-bond acceptors (Lipinski definition) is 2. The van der Waals surface area contributed by atoms with Crippen molar-refractivity contribution in [3.63, 3.8) is 0 Å². The summed E-state index contributed by atoms with van der Waals surface area (Å²) in [6.45, 7) is 2.45. The molecule has 0 radical (unpaired) electrons. The number of halogens is 2. The van der Waals surface area contributed by atoms with Crippen LogP contribution in [-0.4, -0.2) is 12.5 Å². The lowest BCUT2D eigenvalue weighted by Gasteiger charge is -2.04. The van der Waals surface area contributed by atoms with Gasteiger partial charge in [-0.2, -0.15) is 5.26 Å². The summed E-state index contributed by atoms with van der Waals surface area (Å²) in [5, 5.41) is 12.4. The summed E-state index contributed by atoms with van der Waals surface area (Å²) in [6, 6.07) is 6.85. The molecule has 1 rings (SSSR count). The smallest absolute Gasteiger partial charge is 0.261 e. The third-order valence-electron chi connectivity index (χ3n) is 2.19. The van der Waals surface area contributed by atoms with Gasteiger partial charge in [0.2, 0.25) is 0 Å². The largest absolute Gasteiger partial charge is 0.351 e. The second-order valence-corrected chi connectivity index (χ2v) is 4.38. The van der Waals surface area contributed by atoms with Crippen molar-refractivity contribution in [3.05, 3.63) is 39.4 Å². The molecule has 0 atom stereocenters. The molecule has 0 saturated carbocycles. The third kappa shape index (κ3) is 3.76. The maximum atomic E-state index is 11.7. The normalized spacial score (nSPS) is 10.9. The Bertz CT molecular complexity index is 498. The van der Waals surface area contributed by atoms with Crippen LogP contribution in [-0.2, 0) is 4.79 Å². The van der Waals surface area contributed by atoms with Crippen molar-refractivity contribution in [2.24, 2.45) is 0 Å². The molecular formula is C13H12Cl2N2O. The van der Waals surface area contributed by atoms with Crippen LogP contribution in [0.1, 0.15) is 18.9 Å². The first-order valence-electron chi connectivity index (χ1n) is 5.44. The molecule has 0 unspecified atom stereocenters. The summed E-state index contributed by atoms with van der Waals surface area (Å²) in [7, 11) is 0. The number of carbonyl (C=O) groups excluding carboxylic acids is 1. The molecule has 1 N–H and O–H groups in total. The maximum absolute atomic E-state index is 11.7. The number of rotatable bonds is 4. The fraction of sp³-hybridized carbons (Fsp3) is 0.231. The SMILES string of the molecule is CCCNC(=O)/C(C#N)=C\c1c(Cl)cccc1Cl. The Morgan fingerprint density at radius 3 is 2.56 bits per heavy atom. The van der Waals surface area contributed by atoms with Crippen molar-refractivity contribution < 1.29 is 4.79 Å². The van der Waals surface area contributed by atoms with Gasteiger partial charge in [0.1, 0.15) is 11.6 Å². The van der Waals surface area contributed by atoms with E-state index < -0.39 is 5.91 Å². The zero-order valence-corrected chi connectivity index (χ0v) is 11.3. The third-order valence-corrected chi connectivity index (χ3v) is 2.85. The lowest BCUT2D eigenvalue weighted by molar-refractivity contribution is -0.117. The number of benzene rings is 1. The van der Waals surface area contributed by atoms with Gasteiger partial charge in [-0.05, 0) is 24.6 Å². The fourth-order valence-electron chi connectivity index (χ4n) is 1.28. The van der Waals surface area contributed by atoms with Crippen LogP contribution in [0.3, 0.4) is 0 Å². The van der Waals surface area contributed by atoms with Gasteiger partial charge in [0, 0.05) is 22.2 Å². The first-order chi connectivity index (χ1) is 8.60. The molecule has 18 heavy (non-hydrogen) atoms. The van der Waals surface area contributed by atoms with Crippen molar-refractivity contribution in [3.8, 4) is 6.07 Å². The molecule has 5 heteroatoms. The molecule has 0 aliphatic carbocycles. The molecule has 0 aliphatic heterocycles. The van der Waals surface area contributed by atoms with Crippen LogP contribution in [0.25, 0.3) is 6.08 Å². The summed E-state index contributed by atoms with van der Waals surface area (Å²) in [4.78, 5) is 11.7. The highest BCUT2D eigenvalue weighted by Crippen LogP contribution is 2.26. The quantitative estimate of drug-likeness (QED) is 0.680. The molecule has 0 saturated heterocycles. The Kier molecular flexibility index (Phi) is 5.70. The van der Waals surface area contributed by atoms with E-state index in [1.165, 1.54) is 6.08 Å². The van der Waals surface area contributed by atoms with E-state index in [9.17, 15) is 4.79 Å². The average molecular weight is 283 g/mol. The summed E-state index contributed by atoms with van der Waals surface area (Å²) in [5.74, 6) is -0.421. The highest BCUT2D eigenvalue weighted by Gasteiger charge is 2.10. The average Bonchev–Trinajstić information content (AvgIpc) is 2.35. The molecule has 0 aromatic heterocycles. The molecule has 0 aliphatic rings. The van der Waals surface area contributed by atoms with Gasteiger partial charge in [0.15, 0.2) is 0 Å². The van der Waals surface area contributed by atoms with Gasteiger partial charge in [-0.15, -0.1) is 0 Å². The second-order valence-electron chi connectivity index (χ2n) is 3.56. The number of nitriles is 1. The van der Waals surface area contributed by atoms with E-state index >= 15 is 0 Å². The molecule has 0 heterocycles. The van der Waals surface area contributed by atoms with Gasteiger partial charge in [0.05, 0.1) is 0 Å². The van der Waals surface area contributed by atoms with E-state index in [0.29, 0.717) is 22.2 Å². The van der Waals surface area contributed by atoms with E-state index in [0.717, 1.165) is 6.42 Å². The highest BCUT2D eigenvalue weighted by molar-refractivity contribution is 6.37. The lowest BCUT2D eigenvalue weighted by atomic mass is 10.1. The minimum atomic E-state index is -0.421. The van der Waals surface area contributed by atoms with Crippen LogP contribution < -0.4 is 5.32 Å². The number of carbonyl (C=O) groups is 1. The summed E-state index contributed by atoms with van der Waals surface area (Å²) in [5.41, 5.74) is 0.461. The maximum Gasteiger partial charge on any atom is 0.261 e. The molecule has 1 aromatic carbocycles. The zero-order chi connectivity index (χ0) is 13.5. The van der Waals surface area contributed by atoms with E-state index in [1.54, 1.807) is 18.2 Å². The Morgan fingerprint density at radius 1 is 1.44 bits per heavy atom. The predicted octanol–water partition coefficient (Wildman–Crippen LogP) is 3.43. The first-order valence-corrected chi connectivity index (χ1v) is 6.19. The Hall–Kier alpha value is -1.50. The predicted molar refractivity (Wildman–Crippen MR) is 73.4 cm³/mol. The molecule has 3 nitrogen and oxygen atoms in total. The minimum absolute atomic E-state index is 0.0153. The topological polar surface area (TPSA) is 52.9 Å². The van der Waals surface area contributed by atoms with Crippen LogP contribution in [0.2, 0.25) is 10.0 Å². The summed E-state index contributed by atoms with van der Waals surface area (Å²) < 4.78 is 0. The summed E-state index contributed by atoms with van der Waals surface area (Å²) in [6.07, 6.45) is 2.20. The van der Waals surface area contributed by atoms with Gasteiger partial charge in [-0.3, -0.25) is 4.79 Å². The van der Waals surface area contributed by atoms with E-state index in [-0.39, 0.29) is 5.57 Å². The molecular weight excluding hydrogens is 271 g/mol. The van der Waals surface area contributed by atoms with E-state index in [4.69, 9.17) is 28.5 Å². The Labute approximate surface area is 116 Å². The van der Waals surface area contributed by atoms with Gasteiger partial charge in [0.25, 0.3) is 5.91 Å². The van der Waals surface area contributed by atoms with Gasteiger partial charge in [-0.25, -0.2) is 0 Å². The van der Waals surface area contributed by atoms with E-state index in [2.05, 4.69) is 5.32 Å². The Balaban J connectivity index is 3.05. The minimum Gasteiger partial charge on any atom is -0.351 e. The number of nitrogens with zero attached hydrogens (tertiary/aromatic N) is 1. The standard InChI is InChI=1S/C13H12Cl2N2O/c1-2-6-17-13(18)9(8-16)7-10-11(14)4-3-5-12(10)15/h3-5,7H,2,6H2,1H3,(H,17,18)/b9-7-. The zero-order valence-electron chi connectivity index (χ0n) is 9.84. The van der Waals surface area contributed by atoms with Gasteiger partial charge < -0.3 is 5.32 Å². The first kappa shape index (κ1) is 14.6. The molecule has 0 bridgehead atoms. The van der Waals surface area contributed by atoms with Crippen LogP contribution in [0.4, 0.5) is 0 Å². The van der Waals surface area contributed by atoms with Gasteiger partial charge >= 0.3 is 0 Å². The van der Waals surface area contributed by atoms with E-state index in [1.807, 2.05) is 13.0 Å². The van der Waals surface area contributed by atoms with Crippen molar-refractivity contribution in [1.29, 1.82) is 5.26 Å². The Morgan fingerprint density at radius 2 is 2.06 bits per heavy atom. The van der Waals surface area contributed by atoms with Crippen LogP contribution in [0.5, 0.6) is 0 Å². The second kappa shape index (κ2) is 7.05. The molecule has 1 amide bonds. The lowest BCUT2D eigenvalue weighted by Crippen LogP contribution is -2.25. The molecule has 0 fully saturated rings. The number of amides is 1.